The summed E-state index contributed by atoms with van der Waals surface area (Å²) in [6.45, 7) is 1.26. The average molecular weight is 388 g/mol. The highest BCUT2D eigenvalue weighted by Gasteiger charge is 2.31. The van der Waals surface area contributed by atoms with Crippen molar-refractivity contribution in [3.63, 3.8) is 0 Å². The Kier molecular flexibility index (Phi) is 6.04. The Labute approximate surface area is 151 Å². The van der Waals surface area contributed by atoms with E-state index < -0.39 is 30.1 Å². The predicted molar refractivity (Wildman–Crippen MR) is 88.0 cm³/mol. The first-order chi connectivity index (χ1) is 12.1. The molecule has 10 heteroatoms. The van der Waals surface area contributed by atoms with E-state index in [1.54, 1.807) is 19.1 Å². The van der Waals surface area contributed by atoms with Crippen molar-refractivity contribution in [1.82, 2.24) is 10.7 Å². The molecule has 0 atom stereocenters. The Morgan fingerprint density at radius 2 is 2.00 bits per heavy atom. The molecule has 0 aliphatic carbocycles. The van der Waals surface area contributed by atoms with Crippen LogP contribution in [0.1, 0.15) is 27.4 Å². The van der Waals surface area contributed by atoms with Crippen LogP contribution in [0, 0.1) is 6.92 Å². The van der Waals surface area contributed by atoms with Crippen LogP contribution in [0.4, 0.5) is 13.2 Å². The van der Waals surface area contributed by atoms with E-state index in [-0.39, 0.29) is 10.6 Å². The molecule has 1 aromatic heterocycles. The molecular weight excluding hydrogens is 375 g/mol. The van der Waals surface area contributed by atoms with E-state index in [1.165, 1.54) is 6.21 Å². The fraction of sp³-hybridized carbons (Fsp3) is 0.188. The number of alkyl halides is 3. The second-order valence-electron chi connectivity index (χ2n) is 5.15. The number of halogens is 4. The summed E-state index contributed by atoms with van der Waals surface area (Å²) in [5, 5.41) is 5.57. The maximum atomic E-state index is 12.7. The van der Waals surface area contributed by atoms with Crippen molar-refractivity contribution in [1.29, 1.82) is 0 Å². The summed E-state index contributed by atoms with van der Waals surface area (Å²) < 4.78 is 43.4. The molecule has 1 aromatic carbocycles. The minimum Gasteiger partial charge on any atom is -0.460 e. The highest BCUT2D eigenvalue weighted by molar-refractivity contribution is 6.31. The number of nitrogens with zero attached hydrogens (tertiary/aromatic N) is 1. The van der Waals surface area contributed by atoms with Crippen LogP contribution in [0.3, 0.4) is 0 Å². The van der Waals surface area contributed by atoms with Gasteiger partial charge in [-0.05, 0) is 37.3 Å². The Morgan fingerprint density at radius 3 is 2.62 bits per heavy atom. The minimum atomic E-state index is -4.64. The molecule has 26 heavy (non-hydrogen) atoms. The van der Waals surface area contributed by atoms with Gasteiger partial charge in [-0.3, -0.25) is 9.59 Å². The maximum absolute atomic E-state index is 12.7. The number of hydrogen-bond acceptors (Lipinski definition) is 4. The van der Waals surface area contributed by atoms with Gasteiger partial charge in [-0.2, -0.15) is 18.3 Å². The molecule has 0 aliphatic heterocycles. The van der Waals surface area contributed by atoms with Crippen molar-refractivity contribution < 1.29 is 27.2 Å². The zero-order chi connectivity index (χ0) is 19.3. The molecule has 0 bridgehead atoms. The van der Waals surface area contributed by atoms with Crippen molar-refractivity contribution in [3.8, 4) is 0 Å². The van der Waals surface area contributed by atoms with Gasteiger partial charge in [-0.15, -0.1) is 0 Å². The first-order valence-electron chi connectivity index (χ1n) is 7.19. The van der Waals surface area contributed by atoms with Crippen LogP contribution in [0.5, 0.6) is 0 Å². The molecule has 0 saturated heterocycles. The molecule has 0 radical (unpaired) electrons. The van der Waals surface area contributed by atoms with E-state index in [9.17, 15) is 22.8 Å². The lowest BCUT2D eigenvalue weighted by atomic mass is 10.1. The van der Waals surface area contributed by atoms with Gasteiger partial charge in [0.25, 0.3) is 11.8 Å². The van der Waals surface area contributed by atoms with Gasteiger partial charge < -0.3 is 9.73 Å². The third-order valence-corrected chi connectivity index (χ3v) is 3.26. The molecule has 0 aliphatic rings. The lowest BCUT2D eigenvalue weighted by molar-refractivity contribution is -0.137. The summed E-state index contributed by atoms with van der Waals surface area (Å²) in [6.07, 6.45) is -3.38. The van der Waals surface area contributed by atoms with Crippen molar-refractivity contribution >= 4 is 29.6 Å². The summed E-state index contributed by atoms with van der Waals surface area (Å²) in [6, 6.07) is 5.78. The van der Waals surface area contributed by atoms with Crippen LogP contribution in [-0.4, -0.2) is 24.6 Å². The van der Waals surface area contributed by atoms with Crippen LogP contribution >= 0.6 is 11.6 Å². The number of rotatable bonds is 5. The highest BCUT2D eigenvalue weighted by Crippen LogP contribution is 2.31. The zero-order valence-electron chi connectivity index (χ0n) is 13.4. The smallest absolute Gasteiger partial charge is 0.416 e. The number of carbonyl (C=O) groups is 2. The Morgan fingerprint density at radius 1 is 1.27 bits per heavy atom. The number of carbonyl (C=O) groups excluding carboxylic acids is 2. The van der Waals surface area contributed by atoms with Crippen LogP contribution < -0.4 is 10.7 Å². The summed E-state index contributed by atoms with van der Waals surface area (Å²) in [5.74, 6) is -0.454. The fourth-order valence-electron chi connectivity index (χ4n) is 1.88. The SMILES string of the molecule is Cc1ccc(C=NNC(=O)CNC(=O)c2cc(Cl)cc(C(F)(F)F)c2)o1. The van der Waals surface area contributed by atoms with E-state index in [1.807, 2.05) is 0 Å². The van der Waals surface area contributed by atoms with E-state index in [4.69, 9.17) is 16.0 Å². The average Bonchev–Trinajstić information content (AvgIpc) is 2.96. The maximum Gasteiger partial charge on any atom is 0.416 e. The van der Waals surface area contributed by atoms with Crippen LogP contribution in [0.15, 0.2) is 39.9 Å². The van der Waals surface area contributed by atoms with Crippen LogP contribution in [0.2, 0.25) is 5.02 Å². The van der Waals surface area contributed by atoms with Gasteiger partial charge in [0, 0.05) is 10.6 Å². The van der Waals surface area contributed by atoms with Gasteiger partial charge >= 0.3 is 6.18 Å². The molecular formula is C16H13ClF3N3O3. The predicted octanol–water partition coefficient (Wildman–Crippen LogP) is 3.14. The number of nitrogens with one attached hydrogen (secondary N) is 2. The molecule has 2 rings (SSSR count). The van der Waals surface area contributed by atoms with Crippen molar-refractivity contribution in [2.75, 3.05) is 6.54 Å². The summed E-state index contributed by atoms with van der Waals surface area (Å²) in [5.41, 5.74) is 0.774. The van der Waals surface area contributed by atoms with E-state index in [0.29, 0.717) is 23.7 Å². The summed E-state index contributed by atoms with van der Waals surface area (Å²) in [4.78, 5) is 23.5. The molecule has 2 amide bonds. The monoisotopic (exact) mass is 387 g/mol. The van der Waals surface area contributed by atoms with Gasteiger partial charge in [-0.25, -0.2) is 5.43 Å². The molecule has 0 unspecified atom stereocenters. The lowest BCUT2D eigenvalue weighted by Gasteiger charge is -2.10. The number of hydrogen-bond donors (Lipinski definition) is 2. The molecule has 2 N–H and O–H groups in total. The number of furan rings is 1. The topological polar surface area (TPSA) is 83.7 Å². The molecule has 6 nitrogen and oxygen atoms in total. The third-order valence-electron chi connectivity index (χ3n) is 3.04. The van der Waals surface area contributed by atoms with Crippen molar-refractivity contribution in [3.05, 3.63) is 58.0 Å². The molecule has 0 fully saturated rings. The Hall–Kier alpha value is -2.81. The van der Waals surface area contributed by atoms with E-state index in [2.05, 4.69) is 15.8 Å². The van der Waals surface area contributed by atoms with Crippen molar-refractivity contribution in [2.24, 2.45) is 5.10 Å². The second-order valence-corrected chi connectivity index (χ2v) is 5.59. The number of benzene rings is 1. The zero-order valence-corrected chi connectivity index (χ0v) is 14.1. The largest absolute Gasteiger partial charge is 0.460 e. The first kappa shape index (κ1) is 19.5. The van der Waals surface area contributed by atoms with Crippen LogP contribution in [-0.2, 0) is 11.0 Å². The van der Waals surface area contributed by atoms with Gasteiger partial charge in [0.2, 0.25) is 0 Å². The normalized spacial score (nSPS) is 11.6. The highest BCUT2D eigenvalue weighted by atomic mass is 35.5. The quantitative estimate of drug-likeness (QED) is 0.610. The molecule has 2 aromatic rings. The molecule has 0 spiro atoms. The van der Waals surface area contributed by atoms with Gasteiger partial charge in [0.1, 0.15) is 11.5 Å². The van der Waals surface area contributed by atoms with Gasteiger partial charge in [0.15, 0.2) is 0 Å². The van der Waals surface area contributed by atoms with E-state index in [0.717, 1.165) is 6.07 Å². The lowest BCUT2D eigenvalue weighted by Crippen LogP contribution is -2.35. The fourth-order valence-corrected chi connectivity index (χ4v) is 2.11. The molecule has 0 saturated carbocycles. The number of amides is 2. The molecule has 138 valence electrons. The number of hydrazone groups is 1. The first-order valence-corrected chi connectivity index (χ1v) is 7.57. The Bertz CT molecular complexity index is 847. The Balaban J connectivity index is 1.91. The third kappa shape index (κ3) is 5.62. The van der Waals surface area contributed by atoms with Gasteiger partial charge in [0.05, 0.1) is 18.3 Å². The number of aryl methyl sites for hydroxylation is 1. The van der Waals surface area contributed by atoms with Crippen molar-refractivity contribution in [2.45, 2.75) is 13.1 Å². The van der Waals surface area contributed by atoms with E-state index >= 15 is 0 Å². The summed E-state index contributed by atoms with van der Waals surface area (Å²) in [7, 11) is 0. The van der Waals surface area contributed by atoms with Crippen LogP contribution in [0.25, 0.3) is 0 Å². The van der Waals surface area contributed by atoms with Gasteiger partial charge in [-0.1, -0.05) is 11.6 Å². The summed E-state index contributed by atoms with van der Waals surface area (Å²) >= 11 is 5.60. The standard InChI is InChI=1S/C16H13ClF3N3O3/c1-9-2-3-13(26-9)7-22-23-14(24)8-21-15(25)10-4-11(16(18,19)20)6-12(17)5-10/h2-7H,8H2,1H3,(H,21,25)(H,23,24). The second kappa shape index (κ2) is 8.05. The minimum absolute atomic E-state index is 0.243. The molecule has 1 heterocycles.